The van der Waals surface area contributed by atoms with Gasteiger partial charge in [0, 0.05) is 11.7 Å². The molecule has 2 aromatic carbocycles. The Bertz CT molecular complexity index is 809. The number of hydrogen-bond acceptors (Lipinski definition) is 4. The van der Waals surface area contributed by atoms with Gasteiger partial charge in [0.15, 0.2) is 9.84 Å². The van der Waals surface area contributed by atoms with E-state index in [9.17, 15) is 8.42 Å². The summed E-state index contributed by atoms with van der Waals surface area (Å²) in [4.78, 5) is 2.86. The predicted molar refractivity (Wildman–Crippen MR) is 106 cm³/mol. The van der Waals surface area contributed by atoms with Crippen LogP contribution in [-0.2, 0) is 15.3 Å². The third-order valence-electron chi connectivity index (χ3n) is 5.55. The first-order valence-electron chi connectivity index (χ1n) is 9.24. The Morgan fingerprint density at radius 3 is 2.08 bits per heavy atom. The van der Waals surface area contributed by atoms with E-state index in [0.29, 0.717) is 4.90 Å². The Balaban J connectivity index is 1.93. The fourth-order valence-corrected chi connectivity index (χ4v) is 4.63. The summed E-state index contributed by atoms with van der Waals surface area (Å²) in [6.45, 7) is 3.84. The quantitative estimate of drug-likeness (QED) is 0.847. The van der Waals surface area contributed by atoms with Gasteiger partial charge in [-0.15, -0.1) is 0 Å². The van der Waals surface area contributed by atoms with Crippen LogP contribution in [0.5, 0.6) is 0 Å². The molecule has 0 spiro atoms. The van der Waals surface area contributed by atoms with Gasteiger partial charge in [0.1, 0.15) is 0 Å². The third-order valence-corrected chi connectivity index (χ3v) is 6.68. The van der Waals surface area contributed by atoms with Gasteiger partial charge >= 0.3 is 0 Å². The molecule has 140 valence electrons. The van der Waals surface area contributed by atoms with Crippen LogP contribution in [0.25, 0.3) is 0 Å². The molecule has 0 saturated carbocycles. The lowest BCUT2D eigenvalue weighted by Gasteiger charge is -2.43. The van der Waals surface area contributed by atoms with E-state index in [-0.39, 0.29) is 5.41 Å². The molecule has 3 rings (SSSR count). The number of hydrogen-bond donors (Lipinski definition) is 1. The van der Waals surface area contributed by atoms with E-state index in [1.54, 1.807) is 12.1 Å². The molecule has 0 bridgehead atoms. The fraction of sp³-hybridized carbons (Fsp3) is 0.429. The van der Waals surface area contributed by atoms with Crippen LogP contribution in [-0.4, -0.2) is 45.8 Å². The number of nitrogens with zero attached hydrogens (tertiary/aromatic N) is 1. The zero-order valence-electron chi connectivity index (χ0n) is 15.4. The average molecular weight is 373 g/mol. The molecule has 4 nitrogen and oxygen atoms in total. The van der Waals surface area contributed by atoms with Gasteiger partial charge in [-0.05, 0) is 68.7 Å². The van der Waals surface area contributed by atoms with Crippen molar-refractivity contribution in [3.8, 4) is 0 Å². The summed E-state index contributed by atoms with van der Waals surface area (Å²) in [6.07, 6.45) is 4.34. The van der Waals surface area contributed by atoms with Crippen LogP contribution in [0, 0.1) is 0 Å². The lowest BCUT2D eigenvalue weighted by Crippen LogP contribution is -2.43. The second-order valence-corrected chi connectivity index (χ2v) is 9.24. The molecule has 1 saturated heterocycles. The second kappa shape index (κ2) is 7.91. The second-order valence-electron chi connectivity index (χ2n) is 7.23. The maximum Gasteiger partial charge on any atom is 0.175 e. The Labute approximate surface area is 156 Å². The lowest BCUT2D eigenvalue weighted by molar-refractivity contribution is 0.178. The van der Waals surface area contributed by atoms with E-state index < -0.39 is 9.84 Å². The highest BCUT2D eigenvalue weighted by Gasteiger charge is 2.37. The third kappa shape index (κ3) is 4.00. The number of benzene rings is 2. The van der Waals surface area contributed by atoms with Crippen molar-refractivity contribution in [2.75, 3.05) is 32.4 Å². The van der Waals surface area contributed by atoms with Gasteiger partial charge in [-0.2, -0.15) is 0 Å². The minimum absolute atomic E-state index is 0.0590. The van der Waals surface area contributed by atoms with Gasteiger partial charge in [0.05, 0.1) is 4.90 Å². The standard InChI is InChI=1S/C21H28N2O2S/c1-26(24,25)20-10-8-19(9-11-20)21(18-6-3-2-4-7-18)12-16-23(17-13-21)15-5-14-22/h2-4,6-11H,5,12-17,22H2,1H3. The molecule has 0 aliphatic carbocycles. The fourth-order valence-electron chi connectivity index (χ4n) is 4.00. The number of nitrogens with two attached hydrogens (primary N) is 1. The van der Waals surface area contributed by atoms with Crippen molar-refractivity contribution in [2.24, 2.45) is 5.73 Å². The van der Waals surface area contributed by atoms with Gasteiger partial charge in [0.25, 0.3) is 0 Å². The Hall–Kier alpha value is -1.69. The molecule has 1 aliphatic rings. The molecule has 0 aromatic heterocycles. The van der Waals surface area contributed by atoms with Crippen molar-refractivity contribution in [1.82, 2.24) is 4.90 Å². The summed E-state index contributed by atoms with van der Waals surface area (Å²) in [5.41, 5.74) is 8.11. The molecule has 2 N–H and O–H groups in total. The van der Waals surface area contributed by atoms with Crippen LogP contribution in [0.3, 0.4) is 0 Å². The molecule has 1 aliphatic heterocycles. The van der Waals surface area contributed by atoms with Crippen molar-refractivity contribution >= 4 is 9.84 Å². The first-order chi connectivity index (χ1) is 12.5. The van der Waals surface area contributed by atoms with Gasteiger partial charge < -0.3 is 10.6 Å². The summed E-state index contributed by atoms with van der Waals surface area (Å²) >= 11 is 0. The number of sulfone groups is 1. The van der Waals surface area contributed by atoms with Crippen molar-refractivity contribution in [1.29, 1.82) is 0 Å². The van der Waals surface area contributed by atoms with E-state index in [0.717, 1.165) is 45.4 Å². The maximum atomic E-state index is 11.8. The summed E-state index contributed by atoms with van der Waals surface area (Å²) in [7, 11) is -3.17. The normalized spacial score (nSPS) is 17.9. The summed E-state index contributed by atoms with van der Waals surface area (Å²) < 4.78 is 23.6. The van der Waals surface area contributed by atoms with Gasteiger partial charge in [-0.1, -0.05) is 42.5 Å². The SMILES string of the molecule is CS(=O)(=O)c1ccc(C2(c3ccccc3)CCN(CCCN)CC2)cc1. The van der Waals surface area contributed by atoms with E-state index in [1.165, 1.54) is 17.4 Å². The Kier molecular flexibility index (Phi) is 5.80. The predicted octanol–water partition coefficient (Wildman–Crippen LogP) is 2.82. The maximum absolute atomic E-state index is 11.8. The molecule has 0 radical (unpaired) electrons. The van der Waals surface area contributed by atoms with E-state index in [1.807, 2.05) is 18.2 Å². The van der Waals surface area contributed by atoms with Crippen molar-refractivity contribution in [2.45, 2.75) is 29.6 Å². The number of piperidine rings is 1. The van der Waals surface area contributed by atoms with Crippen LogP contribution in [0.1, 0.15) is 30.4 Å². The Morgan fingerprint density at radius 1 is 0.962 bits per heavy atom. The zero-order valence-corrected chi connectivity index (χ0v) is 16.2. The van der Waals surface area contributed by atoms with Crippen molar-refractivity contribution in [3.05, 3.63) is 65.7 Å². The minimum atomic E-state index is -3.17. The molecule has 2 aromatic rings. The summed E-state index contributed by atoms with van der Waals surface area (Å²) in [5, 5.41) is 0. The Morgan fingerprint density at radius 2 is 1.54 bits per heavy atom. The largest absolute Gasteiger partial charge is 0.330 e. The molecule has 1 heterocycles. The molecule has 5 heteroatoms. The van der Waals surface area contributed by atoms with Crippen LogP contribution < -0.4 is 5.73 Å². The molecule has 0 unspecified atom stereocenters. The smallest absolute Gasteiger partial charge is 0.175 e. The van der Waals surface area contributed by atoms with Crippen LogP contribution in [0.4, 0.5) is 0 Å². The topological polar surface area (TPSA) is 63.4 Å². The van der Waals surface area contributed by atoms with E-state index in [4.69, 9.17) is 5.73 Å². The van der Waals surface area contributed by atoms with Crippen LogP contribution in [0.2, 0.25) is 0 Å². The first kappa shape index (κ1) is 19.1. The molecule has 0 amide bonds. The van der Waals surface area contributed by atoms with Crippen LogP contribution >= 0.6 is 0 Å². The minimum Gasteiger partial charge on any atom is -0.330 e. The van der Waals surface area contributed by atoms with Crippen LogP contribution in [0.15, 0.2) is 59.5 Å². The van der Waals surface area contributed by atoms with E-state index in [2.05, 4.69) is 29.2 Å². The van der Waals surface area contributed by atoms with E-state index >= 15 is 0 Å². The molecule has 26 heavy (non-hydrogen) atoms. The first-order valence-corrected chi connectivity index (χ1v) is 11.1. The molecule has 1 fully saturated rings. The summed E-state index contributed by atoms with van der Waals surface area (Å²) in [5.74, 6) is 0. The highest BCUT2D eigenvalue weighted by molar-refractivity contribution is 7.90. The van der Waals surface area contributed by atoms with Crippen molar-refractivity contribution < 1.29 is 8.42 Å². The highest BCUT2D eigenvalue weighted by atomic mass is 32.2. The molecular formula is C21H28N2O2S. The van der Waals surface area contributed by atoms with Gasteiger partial charge in [-0.25, -0.2) is 8.42 Å². The highest BCUT2D eigenvalue weighted by Crippen LogP contribution is 2.42. The lowest BCUT2D eigenvalue weighted by atomic mass is 9.68. The van der Waals surface area contributed by atoms with Gasteiger partial charge in [-0.3, -0.25) is 0 Å². The number of likely N-dealkylation sites (tertiary alicyclic amines) is 1. The average Bonchev–Trinajstić information content (AvgIpc) is 2.67. The van der Waals surface area contributed by atoms with Gasteiger partial charge in [0.2, 0.25) is 0 Å². The zero-order chi connectivity index (χ0) is 18.6. The number of rotatable bonds is 6. The molecular weight excluding hydrogens is 344 g/mol. The summed E-state index contributed by atoms with van der Waals surface area (Å²) in [6, 6.07) is 18.1. The monoisotopic (exact) mass is 372 g/mol. The molecule has 0 atom stereocenters. The van der Waals surface area contributed by atoms with Crippen molar-refractivity contribution in [3.63, 3.8) is 0 Å².